The average molecular weight is 348 g/mol. The number of aromatic hydroxyl groups is 1. The zero-order chi connectivity index (χ0) is 19.0. The fourth-order valence-corrected chi connectivity index (χ4v) is 3.33. The molecule has 0 atom stereocenters. The predicted octanol–water partition coefficient (Wildman–Crippen LogP) is 4.33. The molecule has 4 heteroatoms. The number of hydrogen-bond acceptors (Lipinski definition) is 4. The Morgan fingerprint density at radius 3 is 2.35 bits per heavy atom. The summed E-state index contributed by atoms with van der Waals surface area (Å²) in [4.78, 5) is 26.1. The lowest BCUT2D eigenvalue weighted by Gasteiger charge is -2.22. The summed E-state index contributed by atoms with van der Waals surface area (Å²) < 4.78 is 5.44. The standard InChI is InChI=1S/C22H20O4/c1-5-6-13-7-9-16-18(22(13)26-4)21(25)15-10-8-14(11-12(2)3)19(23)17(15)20(16)24/h5-10,23H,2,11H2,1,3-4H3/b6-5+. The second-order valence-electron chi connectivity index (χ2n) is 6.40. The Hall–Kier alpha value is -3.14. The molecule has 2 aromatic carbocycles. The van der Waals surface area contributed by atoms with Gasteiger partial charge in [-0.15, -0.1) is 0 Å². The van der Waals surface area contributed by atoms with E-state index >= 15 is 0 Å². The molecule has 3 rings (SSSR count). The summed E-state index contributed by atoms with van der Waals surface area (Å²) in [6.07, 6.45) is 4.10. The van der Waals surface area contributed by atoms with Crippen molar-refractivity contribution in [1.29, 1.82) is 0 Å². The Bertz CT molecular complexity index is 980. The van der Waals surface area contributed by atoms with Crippen LogP contribution in [0.2, 0.25) is 0 Å². The molecule has 2 aromatic rings. The van der Waals surface area contributed by atoms with Crippen LogP contribution in [0.25, 0.3) is 6.08 Å². The first-order chi connectivity index (χ1) is 12.4. The number of methoxy groups -OCH3 is 1. The van der Waals surface area contributed by atoms with E-state index in [1.54, 1.807) is 24.3 Å². The van der Waals surface area contributed by atoms with E-state index < -0.39 is 0 Å². The van der Waals surface area contributed by atoms with Gasteiger partial charge < -0.3 is 9.84 Å². The zero-order valence-electron chi connectivity index (χ0n) is 15.1. The van der Waals surface area contributed by atoms with Gasteiger partial charge in [0.1, 0.15) is 11.5 Å². The van der Waals surface area contributed by atoms with Crippen LogP contribution in [0.5, 0.6) is 11.5 Å². The summed E-state index contributed by atoms with van der Waals surface area (Å²) in [6.45, 7) is 7.54. The van der Waals surface area contributed by atoms with Gasteiger partial charge in [-0.3, -0.25) is 9.59 Å². The molecule has 1 N–H and O–H groups in total. The molecule has 0 aromatic heterocycles. The van der Waals surface area contributed by atoms with Crippen molar-refractivity contribution in [3.63, 3.8) is 0 Å². The summed E-state index contributed by atoms with van der Waals surface area (Å²) >= 11 is 0. The van der Waals surface area contributed by atoms with Crippen LogP contribution >= 0.6 is 0 Å². The highest BCUT2D eigenvalue weighted by molar-refractivity contribution is 6.30. The molecule has 0 radical (unpaired) electrons. The number of rotatable bonds is 4. The van der Waals surface area contributed by atoms with Gasteiger partial charge in [-0.25, -0.2) is 0 Å². The lowest BCUT2D eigenvalue weighted by atomic mass is 9.81. The highest BCUT2D eigenvalue weighted by Gasteiger charge is 2.35. The Kier molecular flexibility index (Phi) is 4.51. The Morgan fingerprint density at radius 1 is 1.12 bits per heavy atom. The molecule has 132 valence electrons. The Morgan fingerprint density at radius 2 is 1.73 bits per heavy atom. The first kappa shape index (κ1) is 17.7. The number of carbonyl (C=O) groups excluding carboxylic acids is 2. The van der Waals surface area contributed by atoms with Crippen molar-refractivity contribution in [2.75, 3.05) is 7.11 Å². The second kappa shape index (κ2) is 6.64. The molecular formula is C22H20O4. The lowest BCUT2D eigenvalue weighted by Crippen LogP contribution is -2.22. The first-order valence-corrected chi connectivity index (χ1v) is 8.33. The molecule has 0 saturated heterocycles. The number of phenols is 1. The number of carbonyl (C=O) groups is 2. The summed E-state index contributed by atoms with van der Waals surface area (Å²) in [6, 6.07) is 6.61. The number of hydrogen-bond donors (Lipinski definition) is 1. The van der Waals surface area contributed by atoms with Gasteiger partial charge >= 0.3 is 0 Å². The van der Waals surface area contributed by atoms with E-state index in [4.69, 9.17) is 4.74 Å². The minimum atomic E-state index is -0.374. The van der Waals surface area contributed by atoms with Gasteiger partial charge in [0.2, 0.25) is 0 Å². The third kappa shape index (κ3) is 2.64. The molecule has 0 fully saturated rings. The van der Waals surface area contributed by atoms with Crippen LogP contribution in [0.15, 0.2) is 42.5 Å². The van der Waals surface area contributed by atoms with E-state index in [1.165, 1.54) is 7.11 Å². The maximum absolute atomic E-state index is 13.1. The molecule has 26 heavy (non-hydrogen) atoms. The van der Waals surface area contributed by atoms with Crippen LogP contribution in [-0.2, 0) is 6.42 Å². The van der Waals surface area contributed by atoms with Gasteiger partial charge in [-0.1, -0.05) is 36.4 Å². The highest BCUT2D eigenvalue weighted by Crippen LogP contribution is 2.40. The molecular weight excluding hydrogens is 328 g/mol. The summed E-state index contributed by atoms with van der Waals surface area (Å²) in [7, 11) is 1.48. The minimum absolute atomic E-state index is 0.0575. The fourth-order valence-electron chi connectivity index (χ4n) is 3.33. The van der Waals surface area contributed by atoms with Crippen molar-refractivity contribution in [1.82, 2.24) is 0 Å². The third-order valence-electron chi connectivity index (χ3n) is 4.44. The molecule has 4 nitrogen and oxygen atoms in total. The molecule has 0 amide bonds. The van der Waals surface area contributed by atoms with Crippen molar-refractivity contribution >= 4 is 17.6 Å². The SMILES string of the molecule is C=C(C)Cc1ccc2c(c1O)C(=O)c1ccc(/C=C/C)c(OC)c1C2=O. The van der Waals surface area contributed by atoms with Gasteiger partial charge in [0, 0.05) is 16.7 Å². The van der Waals surface area contributed by atoms with E-state index in [9.17, 15) is 14.7 Å². The highest BCUT2D eigenvalue weighted by atomic mass is 16.5. The predicted molar refractivity (Wildman–Crippen MR) is 101 cm³/mol. The topological polar surface area (TPSA) is 63.6 Å². The second-order valence-corrected chi connectivity index (χ2v) is 6.40. The molecule has 1 aliphatic rings. The molecule has 0 saturated carbocycles. The van der Waals surface area contributed by atoms with Crippen molar-refractivity contribution in [3.8, 4) is 11.5 Å². The molecule has 0 aliphatic heterocycles. The lowest BCUT2D eigenvalue weighted by molar-refractivity contribution is 0.0974. The van der Waals surface area contributed by atoms with Crippen LogP contribution in [0.1, 0.15) is 56.8 Å². The summed E-state index contributed by atoms with van der Waals surface area (Å²) in [5.74, 6) is -0.475. The number of fused-ring (bicyclic) bond motifs is 2. The molecule has 1 aliphatic carbocycles. The summed E-state index contributed by atoms with van der Waals surface area (Å²) in [5, 5.41) is 10.6. The molecule has 0 unspecified atom stereocenters. The molecule has 0 spiro atoms. The van der Waals surface area contributed by atoms with Gasteiger partial charge in [0.05, 0.1) is 18.2 Å². The van der Waals surface area contributed by atoms with Crippen LogP contribution < -0.4 is 4.74 Å². The molecule has 0 heterocycles. The van der Waals surface area contributed by atoms with Gasteiger partial charge in [0.15, 0.2) is 11.6 Å². The minimum Gasteiger partial charge on any atom is -0.507 e. The maximum atomic E-state index is 13.1. The third-order valence-corrected chi connectivity index (χ3v) is 4.44. The van der Waals surface area contributed by atoms with E-state index in [0.29, 0.717) is 17.7 Å². The van der Waals surface area contributed by atoms with Gasteiger partial charge in [-0.2, -0.15) is 0 Å². The van der Waals surface area contributed by atoms with Crippen LogP contribution in [0.4, 0.5) is 0 Å². The van der Waals surface area contributed by atoms with Crippen LogP contribution in [0.3, 0.4) is 0 Å². The zero-order valence-corrected chi connectivity index (χ0v) is 15.1. The monoisotopic (exact) mass is 348 g/mol. The Labute approximate surface area is 152 Å². The fraction of sp³-hybridized carbons (Fsp3) is 0.182. The quantitative estimate of drug-likeness (QED) is 0.713. The average Bonchev–Trinajstić information content (AvgIpc) is 2.60. The van der Waals surface area contributed by atoms with Crippen molar-refractivity contribution in [2.24, 2.45) is 0 Å². The van der Waals surface area contributed by atoms with Crippen molar-refractivity contribution in [2.45, 2.75) is 20.3 Å². The van der Waals surface area contributed by atoms with Gasteiger partial charge in [-0.05, 0) is 38.0 Å². The molecule has 0 bridgehead atoms. The van der Waals surface area contributed by atoms with Crippen molar-refractivity contribution in [3.05, 3.63) is 75.9 Å². The normalized spacial score (nSPS) is 12.9. The maximum Gasteiger partial charge on any atom is 0.198 e. The van der Waals surface area contributed by atoms with E-state index in [2.05, 4.69) is 6.58 Å². The largest absolute Gasteiger partial charge is 0.507 e. The van der Waals surface area contributed by atoms with Crippen molar-refractivity contribution < 1.29 is 19.4 Å². The number of benzene rings is 2. The number of allylic oxidation sites excluding steroid dienone is 2. The van der Waals surface area contributed by atoms with E-state index in [0.717, 1.165) is 11.1 Å². The Balaban J connectivity index is 2.26. The number of phenolic OH excluding ortho intramolecular Hbond substituents is 1. The van der Waals surface area contributed by atoms with E-state index in [-0.39, 0.29) is 39.6 Å². The summed E-state index contributed by atoms with van der Waals surface area (Å²) in [5.41, 5.74) is 2.90. The first-order valence-electron chi connectivity index (χ1n) is 8.33. The number of ketones is 2. The van der Waals surface area contributed by atoms with Crippen LogP contribution in [0, 0.1) is 0 Å². The van der Waals surface area contributed by atoms with Gasteiger partial charge in [0.25, 0.3) is 0 Å². The number of ether oxygens (including phenoxy) is 1. The van der Waals surface area contributed by atoms with Crippen LogP contribution in [-0.4, -0.2) is 23.8 Å². The smallest absolute Gasteiger partial charge is 0.198 e. The van der Waals surface area contributed by atoms with E-state index in [1.807, 2.05) is 26.0 Å².